The lowest BCUT2D eigenvalue weighted by Gasteiger charge is -2.44. The molecule has 86 valence electrons. The van der Waals surface area contributed by atoms with E-state index in [1.165, 1.54) is 0 Å². The van der Waals surface area contributed by atoms with E-state index in [-0.39, 0.29) is 5.91 Å². The van der Waals surface area contributed by atoms with Crippen molar-refractivity contribution in [3.63, 3.8) is 0 Å². The Hall–Kier alpha value is -1.55. The zero-order chi connectivity index (χ0) is 11.9. The maximum absolute atomic E-state index is 12.0. The Kier molecular flexibility index (Phi) is 2.39. The summed E-state index contributed by atoms with van der Waals surface area (Å²) in [7, 11) is 0. The summed E-state index contributed by atoms with van der Waals surface area (Å²) in [5.74, 6) is -0.0590. The molecule has 0 spiro atoms. The first-order chi connectivity index (χ1) is 7.39. The van der Waals surface area contributed by atoms with Crippen molar-refractivity contribution >= 4 is 11.6 Å². The third kappa shape index (κ3) is 1.88. The number of β-amino-alcohol motifs (C(OH)–C–C–N with tert-alkyl or cyclic N) is 1. The number of aryl methyl sites for hydroxylation is 1. The molecule has 1 saturated heterocycles. The lowest BCUT2D eigenvalue weighted by molar-refractivity contribution is -0.0669. The predicted octanol–water partition coefficient (Wildman–Crippen LogP) is 0.784. The fourth-order valence-electron chi connectivity index (χ4n) is 1.96. The number of carbonyl (C=O) groups is 1. The zero-order valence-electron chi connectivity index (χ0n) is 9.53. The van der Waals surface area contributed by atoms with Gasteiger partial charge in [0, 0.05) is 11.3 Å². The number of aliphatic hydroxyl groups is 1. The quantitative estimate of drug-likeness (QED) is 0.687. The molecule has 0 aromatic heterocycles. The number of hydrogen-bond acceptors (Lipinski definition) is 3. The van der Waals surface area contributed by atoms with E-state index in [1.807, 2.05) is 13.0 Å². The molecule has 0 aliphatic carbocycles. The van der Waals surface area contributed by atoms with Crippen molar-refractivity contribution in [2.75, 3.05) is 18.8 Å². The molecule has 1 aliphatic rings. The van der Waals surface area contributed by atoms with Crippen LogP contribution in [-0.4, -0.2) is 34.6 Å². The van der Waals surface area contributed by atoms with Gasteiger partial charge in [0.25, 0.3) is 5.91 Å². The Labute approximate surface area is 94.7 Å². The smallest absolute Gasteiger partial charge is 0.254 e. The van der Waals surface area contributed by atoms with Gasteiger partial charge in [0.05, 0.1) is 18.7 Å². The van der Waals surface area contributed by atoms with Crippen molar-refractivity contribution in [3.8, 4) is 0 Å². The van der Waals surface area contributed by atoms with Crippen LogP contribution in [0.25, 0.3) is 0 Å². The highest BCUT2D eigenvalue weighted by Crippen LogP contribution is 2.24. The number of hydrogen-bond donors (Lipinski definition) is 2. The van der Waals surface area contributed by atoms with E-state index in [2.05, 4.69) is 0 Å². The lowest BCUT2D eigenvalue weighted by Crippen LogP contribution is -2.61. The van der Waals surface area contributed by atoms with Gasteiger partial charge in [-0.2, -0.15) is 0 Å². The molecule has 1 heterocycles. The summed E-state index contributed by atoms with van der Waals surface area (Å²) >= 11 is 0. The molecule has 0 bridgehead atoms. The largest absolute Gasteiger partial charge is 0.399 e. The summed E-state index contributed by atoms with van der Waals surface area (Å²) in [6, 6.07) is 5.30. The van der Waals surface area contributed by atoms with Gasteiger partial charge >= 0.3 is 0 Å². The maximum Gasteiger partial charge on any atom is 0.254 e. The van der Waals surface area contributed by atoms with Gasteiger partial charge in [0.15, 0.2) is 0 Å². The fourth-order valence-corrected chi connectivity index (χ4v) is 1.96. The lowest BCUT2D eigenvalue weighted by atomic mass is 9.95. The van der Waals surface area contributed by atoms with E-state index in [1.54, 1.807) is 24.0 Å². The minimum atomic E-state index is -0.732. The van der Waals surface area contributed by atoms with E-state index in [0.717, 1.165) is 5.56 Å². The molecule has 16 heavy (non-hydrogen) atoms. The van der Waals surface area contributed by atoms with Crippen LogP contribution in [0, 0.1) is 6.92 Å². The van der Waals surface area contributed by atoms with E-state index in [4.69, 9.17) is 5.73 Å². The summed E-state index contributed by atoms with van der Waals surface area (Å²) in [4.78, 5) is 13.7. The van der Waals surface area contributed by atoms with Gasteiger partial charge < -0.3 is 15.7 Å². The number of anilines is 1. The van der Waals surface area contributed by atoms with Gasteiger partial charge in [-0.25, -0.2) is 0 Å². The number of nitrogen functional groups attached to an aromatic ring is 1. The molecule has 0 saturated carbocycles. The van der Waals surface area contributed by atoms with Gasteiger partial charge in [0.2, 0.25) is 0 Å². The monoisotopic (exact) mass is 220 g/mol. The molecular formula is C12H16N2O2. The highest BCUT2D eigenvalue weighted by Gasteiger charge is 2.39. The van der Waals surface area contributed by atoms with E-state index in [9.17, 15) is 9.90 Å². The van der Waals surface area contributed by atoms with Crippen LogP contribution in [0.2, 0.25) is 0 Å². The molecule has 1 fully saturated rings. The second-order valence-electron chi connectivity index (χ2n) is 4.73. The first-order valence-electron chi connectivity index (χ1n) is 5.27. The first-order valence-corrected chi connectivity index (χ1v) is 5.27. The summed E-state index contributed by atoms with van der Waals surface area (Å²) in [5, 5.41) is 9.58. The Morgan fingerprint density at radius 1 is 1.50 bits per heavy atom. The minimum Gasteiger partial charge on any atom is -0.399 e. The molecule has 4 nitrogen and oxygen atoms in total. The molecule has 0 atom stereocenters. The molecule has 1 aliphatic heterocycles. The highest BCUT2D eigenvalue weighted by atomic mass is 16.3. The molecule has 2 rings (SSSR count). The van der Waals surface area contributed by atoms with E-state index >= 15 is 0 Å². The number of rotatable bonds is 1. The Morgan fingerprint density at radius 2 is 2.12 bits per heavy atom. The third-order valence-corrected chi connectivity index (χ3v) is 2.84. The van der Waals surface area contributed by atoms with Crippen molar-refractivity contribution in [3.05, 3.63) is 29.3 Å². The van der Waals surface area contributed by atoms with Crippen LogP contribution in [0.1, 0.15) is 22.8 Å². The van der Waals surface area contributed by atoms with Crippen molar-refractivity contribution < 1.29 is 9.90 Å². The van der Waals surface area contributed by atoms with Gasteiger partial charge in [-0.05, 0) is 31.5 Å². The number of amides is 1. The Balaban J connectivity index is 2.19. The predicted molar refractivity (Wildman–Crippen MR) is 62.1 cm³/mol. The Morgan fingerprint density at radius 3 is 2.69 bits per heavy atom. The molecule has 1 aromatic carbocycles. The number of benzene rings is 1. The number of likely N-dealkylation sites (tertiary alicyclic amines) is 1. The zero-order valence-corrected chi connectivity index (χ0v) is 9.53. The van der Waals surface area contributed by atoms with Crippen LogP contribution in [0.5, 0.6) is 0 Å². The second kappa shape index (κ2) is 3.49. The molecule has 3 N–H and O–H groups in total. The topological polar surface area (TPSA) is 66.6 Å². The standard InChI is InChI=1S/C12H16N2O2/c1-8-3-4-9(13)5-10(8)11(15)14-6-12(2,16)7-14/h3-5,16H,6-7,13H2,1-2H3. The highest BCUT2D eigenvalue weighted by molar-refractivity contribution is 5.97. The van der Waals surface area contributed by atoms with Crippen LogP contribution in [0.4, 0.5) is 5.69 Å². The van der Waals surface area contributed by atoms with Gasteiger partial charge in [0.1, 0.15) is 0 Å². The molecule has 1 aromatic rings. The molecule has 1 amide bonds. The Bertz CT molecular complexity index is 433. The number of nitrogens with two attached hydrogens (primary N) is 1. The molecular weight excluding hydrogens is 204 g/mol. The third-order valence-electron chi connectivity index (χ3n) is 2.84. The molecule has 0 unspecified atom stereocenters. The summed E-state index contributed by atoms with van der Waals surface area (Å²) in [6.45, 7) is 4.38. The minimum absolute atomic E-state index is 0.0590. The van der Waals surface area contributed by atoms with Crippen molar-refractivity contribution in [1.82, 2.24) is 4.90 Å². The summed E-state index contributed by atoms with van der Waals surface area (Å²) in [5.41, 5.74) is 7.04. The first kappa shape index (κ1) is 11.0. The summed E-state index contributed by atoms with van der Waals surface area (Å²) < 4.78 is 0. The average Bonchev–Trinajstić information content (AvgIpc) is 2.17. The molecule has 4 heteroatoms. The van der Waals surface area contributed by atoms with Gasteiger partial charge in [-0.3, -0.25) is 4.79 Å². The van der Waals surface area contributed by atoms with Gasteiger partial charge in [-0.1, -0.05) is 6.07 Å². The van der Waals surface area contributed by atoms with Crippen LogP contribution in [0.15, 0.2) is 18.2 Å². The maximum atomic E-state index is 12.0. The van der Waals surface area contributed by atoms with Crippen molar-refractivity contribution in [2.24, 2.45) is 0 Å². The van der Waals surface area contributed by atoms with Crippen molar-refractivity contribution in [2.45, 2.75) is 19.4 Å². The molecule has 0 radical (unpaired) electrons. The fraction of sp³-hybridized carbons (Fsp3) is 0.417. The van der Waals surface area contributed by atoms with Crippen LogP contribution < -0.4 is 5.73 Å². The van der Waals surface area contributed by atoms with Crippen LogP contribution >= 0.6 is 0 Å². The number of nitrogens with zero attached hydrogens (tertiary/aromatic N) is 1. The van der Waals surface area contributed by atoms with Crippen molar-refractivity contribution in [1.29, 1.82) is 0 Å². The van der Waals surface area contributed by atoms with Crippen LogP contribution in [-0.2, 0) is 0 Å². The van der Waals surface area contributed by atoms with Crippen LogP contribution in [0.3, 0.4) is 0 Å². The summed E-state index contributed by atoms with van der Waals surface area (Å²) in [6.07, 6.45) is 0. The van der Waals surface area contributed by atoms with E-state index < -0.39 is 5.60 Å². The number of carbonyl (C=O) groups excluding carboxylic acids is 1. The normalized spacial score (nSPS) is 18.1. The second-order valence-corrected chi connectivity index (χ2v) is 4.73. The average molecular weight is 220 g/mol. The van der Waals surface area contributed by atoms with E-state index in [0.29, 0.717) is 24.3 Å². The van der Waals surface area contributed by atoms with Gasteiger partial charge in [-0.15, -0.1) is 0 Å². The SMILES string of the molecule is Cc1ccc(N)cc1C(=O)N1CC(C)(O)C1.